The third-order valence-electron chi connectivity index (χ3n) is 4.94. The Hall–Kier alpha value is -0.370. The Morgan fingerprint density at radius 3 is 2.00 bits per heavy atom. The van der Waals surface area contributed by atoms with Crippen LogP contribution in [0.4, 0.5) is 0 Å². The molecule has 0 saturated carbocycles. The standard InChI is InChI=1S/C13H24O4.C5H10N2S.Na/c1-5-13(3,4)7-6-10(12(16)17)8-9(2)11(14)15;1-6-3-4-7(2)5(6)8;/h9-10H,5-8H2,1-4H3,(H,14,15)(H,16,17);3-4H2,1-2H3;/q;;+1/p-1. The van der Waals surface area contributed by atoms with E-state index in [1.807, 2.05) is 14.1 Å². The van der Waals surface area contributed by atoms with E-state index in [9.17, 15) is 14.7 Å². The first-order valence-electron chi connectivity index (χ1n) is 8.81. The van der Waals surface area contributed by atoms with Crippen molar-refractivity contribution in [3.63, 3.8) is 0 Å². The van der Waals surface area contributed by atoms with Gasteiger partial charge in [0.2, 0.25) is 0 Å². The average molecular weight is 397 g/mol. The van der Waals surface area contributed by atoms with Gasteiger partial charge in [-0.3, -0.25) is 4.79 Å². The van der Waals surface area contributed by atoms with Gasteiger partial charge in [-0.2, -0.15) is 0 Å². The molecule has 26 heavy (non-hydrogen) atoms. The van der Waals surface area contributed by atoms with Gasteiger partial charge in [-0.05, 0) is 42.8 Å². The van der Waals surface area contributed by atoms with Crippen molar-refractivity contribution in [2.24, 2.45) is 17.3 Å². The summed E-state index contributed by atoms with van der Waals surface area (Å²) >= 11 is 5.02. The number of hydrogen-bond acceptors (Lipinski definition) is 4. The van der Waals surface area contributed by atoms with Gasteiger partial charge in [0.1, 0.15) is 0 Å². The normalized spacial score (nSPS) is 16.3. The van der Waals surface area contributed by atoms with E-state index in [0.29, 0.717) is 6.42 Å². The van der Waals surface area contributed by atoms with Gasteiger partial charge in [0.25, 0.3) is 0 Å². The molecule has 1 rings (SSSR count). The SMILES string of the molecule is CCC(C)(C)CCC(CC(C)C(=O)[O-])C(=O)O.CN1CCN(C)C1=S.[Na+]. The van der Waals surface area contributed by atoms with E-state index < -0.39 is 23.8 Å². The van der Waals surface area contributed by atoms with Crippen LogP contribution in [0, 0.1) is 17.3 Å². The summed E-state index contributed by atoms with van der Waals surface area (Å²) in [5, 5.41) is 20.6. The van der Waals surface area contributed by atoms with Gasteiger partial charge in [0.15, 0.2) is 5.11 Å². The number of aliphatic carboxylic acids is 2. The van der Waals surface area contributed by atoms with Crippen LogP contribution in [0.1, 0.15) is 53.4 Å². The van der Waals surface area contributed by atoms with E-state index in [1.165, 1.54) is 6.92 Å². The van der Waals surface area contributed by atoms with E-state index in [0.717, 1.165) is 31.0 Å². The minimum atomic E-state index is -1.17. The summed E-state index contributed by atoms with van der Waals surface area (Å²) in [4.78, 5) is 25.8. The van der Waals surface area contributed by atoms with Crippen LogP contribution in [0.2, 0.25) is 0 Å². The predicted octanol–water partition coefficient (Wildman–Crippen LogP) is -1.17. The Labute approximate surface area is 185 Å². The summed E-state index contributed by atoms with van der Waals surface area (Å²) in [5.74, 6) is -3.38. The van der Waals surface area contributed by atoms with Crippen molar-refractivity contribution in [3.8, 4) is 0 Å². The van der Waals surface area contributed by atoms with Crippen molar-refractivity contribution < 1.29 is 49.4 Å². The topological polar surface area (TPSA) is 83.9 Å². The molecule has 1 aliphatic rings. The molecule has 146 valence electrons. The first-order valence-corrected chi connectivity index (χ1v) is 9.22. The average Bonchev–Trinajstić information content (AvgIpc) is 2.82. The number of carboxylic acid groups (broad SMARTS) is 2. The third kappa shape index (κ3) is 10.7. The number of nitrogens with zero attached hydrogens (tertiary/aromatic N) is 2. The van der Waals surface area contributed by atoms with Crippen molar-refractivity contribution >= 4 is 29.3 Å². The fourth-order valence-electron chi connectivity index (χ4n) is 2.39. The Balaban J connectivity index is 0. The van der Waals surface area contributed by atoms with Crippen LogP contribution in [0.3, 0.4) is 0 Å². The van der Waals surface area contributed by atoms with E-state index in [2.05, 4.69) is 30.6 Å². The smallest absolute Gasteiger partial charge is 0.550 e. The minimum absolute atomic E-state index is 0. The molecule has 0 aromatic heterocycles. The number of likely N-dealkylation sites (N-methyl/N-ethyl adjacent to an activating group) is 2. The van der Waals surface area contributed by atoms with Crippen molar-refractivity contribution in [2.75, 3.05) is 27.2 Å². The monoisotopic (exact) mass is 396 g/mol. The van der Waals surface area contributed by atoms with Gasteiger partial charge in [-0.1, -0.05) is 34.1 Å². The predicted molar refractivity (Wildman–Crippen MR) is 101 cm³/mol. The van der Waals surface area contributed by atoms with E-state index >= 15 is 0 Å². The number of thiocarbonyl (C=S) groups is 1. The molecule has 2 atom stereocenters. The van der Waals surface area contributed by atoms with Crippen LogP contribution in [0.5, 0.6) is 0 Å². The molecule has 8 heteroatoms. The van der Waals surface area contributed by atoms with Gasteiger partial charge in [-0.15, -0.1) is 0 Å². The van der Waals surface area contributed by atoms with Crippen LogP contribution in [0.15, 0.2) is 0 Å². The van der Waals surface area contributed by atoms with Gasteiger partial charge >= 0.3 is 35.5 Å². The van der Waals surface area contributed by atoms with Crippen molar-refractivity contribution in [1.82, 2.24) is 9.80 Å². The summed E-state index contributed by atoms with van der Waals surface area (Å²) in [6.07, 6.45) is 2.45. The molecular formula is C18H33N2NaO4S. The zero-order valence-corrected chi connectivity index (χ0v) is 20.2. The molecule has 0 aromatic carbocycles. The number of rotatable bonds is 8. The largest absolute Gasteiger partial charge is 1.00 e. The molecule has 0 amide bonds. The fourth-order valence-corrected chi connectivity index (χ4v) is 2.57. The maximum atomic E-state index is 11.0. The van der Waals surface area contributed by atoms with Crippen molar-refractivity contribution in [1.29, 1.82) is 0 Å². The summed E-state index contributed by atoms with van der Waals surface area (Å²) in [6.45, 7) is 9.91. The molecule has 6 nitrogen and oxygen atoms in total. The fraction of sp³-hybridized carbons (Fsp3) is 0.833. The Morgan fingerprint density at radius 2 is 1.73 bits per heavy atom. The molecule has 1 fully saturated rings. The molecule has 0 aromatic rings. The van der Waals surface area contributed by atoms with Crippen LogP contribution in [-0.4, -0.2) is 59.1 Å². The van der Waals surface area contributed by atoms with E-state index in [4.69, 9.17) is 17.3 Å². The molecule has 1 aliphatic heterocycles. The van der Waals surface area contributed by atoms with Gasteiger partial charge in [0.05, 0.1) is 5.92 Å². The number of hydrogen-bond donors (Lipinski definition) is 1. The molecule has 0 aliphatic carbocycles. The third-order valence-corrected chi connectivity index (χ3v) is 5.56. The first kappa shape index (κ1) is 27.8. The number of carbonyl (C=O) groups is 2. The number of carbonyl (C=O) groups excluding carboxylic acids is 1. The summed E-state index contributed by atoms with van der Waals surface area (Å²) in [5.41, 5.74) is 0.110. The molecule has 1 heterocycles. The van der Waals surface area contributed by atoms with Crippen LogP contribution >= 0.6 is 12.2 Å². The van der Waals surface area contributed by atoms with E-state index in [1.54, 1.807) is 0 Å². The molecule has 0 spiro atoms. The summed E-state index contributed by atoms with van der Waals surface area (Å²) in [6, 6.07) is 0. The zero-order chi connectivity index (χ0) is 19.8. The molecule has 1 saturated heterocycles. The second kappa shape index (κ2) is 12.9. The number of carboxylic acids is 2. The Morgan fingerprint density at radius 1 is 1.27 bits per heavy atom. The maximum absolute atomic E-state index is 11.0. The quantitative estimate of drug-likeness (QED) is 0.409. The summed E-state index contributed by atoms with van der Waals surface area (Å²) < 4.78 is 0. The zero-order valence-electron chi connectivity index (χ0n) is 17.4. The second-order valence-electron chi connectivity index (χ2n) is 7.67. The van der Waals surface area contributed by atoms with Crippen LogP contribution in [0.25, 0.3) is 0 Å². The molecular weight excluding hydrogens is 363 g/mol. The maximum Gasteiger partial charge on any atom is 1.00 e. The second-order valence-corrected chi connectivity index (χ2v) is 8.04. The van der Waals surface area contributed by atoms with Crippen molar-refractivity contribution in [3.05, 3.63) is 0 Å². The molecule has 1 N–H and O–H groups in total. The Kier molecular flexibility index (Phi) is 13.8. The molecule has 0 bridgehead atoms. The minimum Gasteiger partial charge on any atom is -0.550 e. The molecule has 2 unspecified atom stereocenters. The van der Waals surface area contributed by atoms with Gasteiger partial charge in [-0.25, -0.2) is 0 Å². The van der Waals surface area contributed by atoms with Crippen LogP contribution < -0.4 is 34.7 Å². The van der Waals surface area contributed by atoms with Gasteiger partial charge in [0, 0.05) is 33.2 Å². The van der Waals surface area contributed by atoms with Crippen LogP contribution in [-0.2, 0) is 9.59 Å². The van der Waals surface area contributed by atoms with Gasteiger partial charge < -0.3 is 24.8 Å². The van der Waals surface area contributed by atoms with E-state index in [-0.39, 0.29) is 41.4 Å². The Bertz CT molecular complexity index is 462. The summed E-state index contributed by atoms with van der Waals surface area (Å²) in [7, 11) is 4.04. The van der Waals surface area contributed by atoms with Crippen molar-refractivity contribution in [2.45, 2.75) is 53.4 Å². The first-order chi connectivity index (χ1) is 11.4. The molecule has 0 radical (unpaired) electrons.